The molecule has 0 radical (unpaired) electrons. The van der Waals surface area contributed by atoms with Crippen molar-refractivity contribution in [2.24, 2.45) is 0 Å². The maximum atomic E-state index is 11.9. The van der Waals surface area contributed by atoms with Crippen molar-refractivity contribution in [3.63, 3.8) is 0 Å². The number of fused-ring (bicyclic) bond motifs is 1. The van der Waals surface area contributed by atoms with Crippen LogP contribution >= 0.6 is 0 Å². The van der Waals surface area contributed by atoms with Gasteiger partial charge in [-0.15, -0.1) is 0 Å². The van der Waals surface area contributed by atoms with Gasteiger partial charge in [-0.25, -0.2) is 4.79 Å². The molecule has 2 amide bonds. The number of amides is 2. The highest BCUT2D eigenvalue weighted by atomic mass is 16.4. The van der Waals surface area contributed by atoms with E-state index >= 15 is 0 Å². The number of rotatable bonds is 5. The molecule has 2 N–H and O–H groups in total. The summed E-state index contributed by atoms with van der Waals surface area (Å²) in [5.41, 5.74) is 1.78. The molecule has 0 unspecified atom stereocenters. The number of aromatic nitrogens is 1. The van der Waals surface area contributed by atoms with Crippen LogP contribution in [0.2, 0.25) is 0 Å². The number of carboxylic acids is 1. The Bertz CT molecular complexity index is 652. The third kappa shape index (κ3) is 3.92. The molecule has 6 heteroatoms. The van der Waals surface area contributed by atoms with Crippen LogP contribution < -0.4 is 5.32 Å². The summed E-state index contributed by atoms with van der Waals surface area (Å²) in [6.07, 6.45) is 1.65. The molecule has 21 heavy (non-hydrogen) atoms. The molecule has 1 aromatic carbocycles. The molecule has 2 rings (SSSR count). The lowest BCUT2D eigenvalue weighted by molar-refractivity contribution is -0.137. The Morgan fingerprint density at radius 3 is 2.81 bits per heavy atom. The van der Waals surface area contributed by atoms with Gasteiger partial charge >= 0.3 is 12.0 Å². The Morgan fingerprint density at radius 1 is 1.29 bits per heavy atom. The molecule has 6 nitrogen and oxygen atoms in total. The number of carbonyl (C=O) groups excluding carboxylic acids is 1. The van der Waals surface area contributed by atoms with Crippen molar-refractivity contribution < 1.29 is 14.7 Å². The summed E-state index contributed by atoms with van der Waals surface area (Å²) in [6.45, 7) is 0.527. The number of para-hydroxylation sites is 1. The summed E-state index contributed by atoms with van der Waals surface area (Å²) in [5, 5.41) is 12.4. The average molecular weight is 287 g/mol. The number of aliphatic carboxylic acids is 1. The van der Waals surface area contributed by atoms with Gasteiger partial charge in [0.2, 0.25) is 0 Å². The number of hydrogen-bond donors (Lipinski definition) is 2. The van der Waals surface area contributed by atoms with E-state index in [0.717, 1.165) is 16.5 Å². The average Bonchev–Trinajstić information content (AvgIpc) is 2.50. The molecule has 0 spiro atoms. The highest BCUT2D eigenvalue weighted by Crippen LogP contribution is 2.15. The van der Waals surface area contributed by atoms with Crippen LogP contribution in [0.1, 0.15) is 12.0 Å². The summed E-state index contributed by atoms with van der Waals surface area (Å²) in [7, 11) is 1.57. The second kappa shape index (κ2) is 6.69. The van der Waals surface area contributed by atoms with Crippen LogP contribution in [0.5, 0.6) is 0 Å². The molecule has 0 bridgehead atoms. The number of pyridine rings is 1. The van der Waals surface area contributed by atoms with Gasteiger partial charge in [0, 0.05) is 31.7 Å². The Balaban J connectivity index is 1.98. The zero-order chi connectivity index (χ0) is 15.2. The van der Waals surface area contributed by atoms with E-state index in [1.807, 2.05) is 30.3 Å². The van der Waals surface area contributed by atoms with E-state index < -0.39 is 5.97 Å². The molecule has 0 atom stereocenters. The molecule has 1 aromatic heterocycles. The predicted molar refractivity (Wildman–Crippen MR) is 78.9 cm³/mol. The van der Waals surface area contributed by atoms with E-state index in [1.54, 1.807) is 13.2 Å². The van der Waals surface area contributed by atoms with Gasteiger partial charge in [-0.1, -0.05) is 24.3 Å². The summed E-state index contributed by atoms with van der Waals surface area (Å²) >= 11 is 0. The smallest absolute Gasteiger partial charge is 0.317 e. The first kappa shape index (κ1) is 14.8. The number of nitrogens with one attached hydrogen (secondary N) is 1. The highest BCUT2D eigenvalue weighted by Gasteiger charge is 2.10. The summed E-state index contributed by atoms with van der Waals surface area (Å²) in [6, 6.07) is 9.32. The number of nitrogens with zero attached hydrogens (tertiary/aromatic N) is 2. The minimum atomic E-state index is -0.923. The summed E-state index contributed by atoms with van der Waals surface area (Å²) < 4.78 is 0. The molecule has 0 saturated carbocycles. The van der Waals surface area contributed by atoms with E-state index in [-0.39, 0.29) is 19.0 Å². The number of urea groups is 1. The lowest BCUT2D eigenvalue weighted by atomic mass is 10.1. The van der Waals surface area contributed by atoms with Gasteiger partial charge in [-0.05, 0) is 11.6 Å². The third-order valence-electron chi connectivity index (χ3n) is 3.15. The maximum Gasteiger partial charge on any atom is 0.317 e. The van der Waals surface area contributed by atoms with E-state index in [2.05, 4.69) is 10.3 Å². The van der Waals surface area contributed by atoms with Gasteiger partial charge in [-0.3, -0.25) is 9.78 Å². The van der Waals surface area contributed by atoms with Crippen LogP contribution in [0.3, 0.4) is 0 Å². The molecule has 1 heterocycles. The monoisotopic (exact) mass is 287 g/mol. The second-order valence-corrected chi connectivity index (χ2v) is 4.72. The number of hydrogen-bond acceptors (Lipinski definition) is 3. The van der Waals surface area contributed by atoms with E-state index in [4.69, 9.17) is 5.11 Å². The van der Waals surface area contributed by atoms with Crippen LogP contribution in [0.15, 0.2) is 36.5 Å². The fraction of sp³-hybridized carbons (Fsp3) is 0.267. The van der Waals surface area contributed by atoms with Gasteiger partial charge in [0.1, 0.15) is 0 Å². The Labute approximate surface area is 122 Å². The standard InChI is InChI=1S/C15H17N3O3/c1-18(9-7-13(19)20)15(21)17-10-12-5-2-4-11-6-3-8-16-14(11)12/h2-6,8H,7,9-10H2,1H3,(H,17,21)(H,19,20). The lowest BCUT2D eigenvalue weighted by Crippen LogP contribution is -2.38. The maximum absolute atomic E-state index is 11.9. The molecule has 0 aliphatic rings. The Kier molecular flexibility index (Phi) is 4.71. The first-order valence-electron chi connectivity index (χ1n) is 6.61. The zero-order valence-corrected chi connectivity index (χ0v) is 11.7. The van der Waals surface area contributed by atoms with Crippen LogP contribution in [0.25, 0.3) is 10.9 Å². The van der Waals surface area contributed by atoms with Crippen LogP contribution in [-0.2, 0) is 11.3 Å². The first-order chi connectivity index (χ1) is 10.1. The predicted octanol–water partition coefficient (Wildman–Crippen LogP) is 1.85. The van der Waals surface area contributed by atoms with Crippen molar-refractivity contribution in [3.8, 4) is 0 Å². The highest BCUT2D eigenvalue weighted by molar-refractivity contribution is 5.82. The fourth-order valence-electron chi connectivity index (χ4n) is 1.98. The minimum Gasteiger partial charge on any atom is -0.481 e. The van der Waals surface area contributed by atoms with Gasteiger partial charge < -0.3 is 15.3 Å². The first-order valence-corrected chi connectivity index (χ1v) is 6.61. The SMILES string of the molecule is CN(CCC(=O)O)C(=O)NCc1cccc2cccnc12. The van der Waals surface area contributed by atoms with E-state index in [0.29, 0.717) is 6.54 Å². The van der Waals surface area contributed by atoms with Gasteiger partial charge in [0.05, 0.1) is 11.9 Å². The molecule has 0 aliphatic heterocycles. The van der Waals surface area contributed by atoms with Gasteiger partial charge in [-0.2, -0.15) is 0 Å². The molecule has 110 valence electrons. The Hall–Kier alpha value is -2.63. The molecule has 0 fully saturated rings. The van der Waals surface area contributed by atoms with Crippen molar-refractivity contribution in [2.75, 3.05) is 13.6 Å². The topological polar surface area (TPSA) is 82.5 Å². The summed E-state index contributed by atoms with van der Waals surface area (Å²) in [4.78, 5) is 28.0. The van der Waals surface area contributed by atoms with Crippen LogP contribution in [0.4, 0.5) is 4.79 Å². The molecule has 0 saturated heterocycles. The molecular weight excluding hydrogens is 270 g/mol. The van der Waals surface area contributed by atoms with Crippen molar-refractivity contribution >= 4 is 22.9 Å². The quantitative estimate of drug-likeness (QED) is 0.879. The van der Waals surface area contributed by atoms with E-state index in [1.165, 1.54) is 4.90 Å². The third-order valence-corrected chi connectivity index (χ3v) is 3.15. The van der Waals surface area contributed by atoms with Crippen molar-refractivity contribution in [1.29, 1.82) is 0 Å². The molecule has 0 aliphatic carbocycles. The number of benzene rings is 1. The number of carbonyl (C=O) groups is 2. The second-order valence-electron chi connectivity index (χ2n) is 4.72. The summed E-state index contributed by atoms with van der Waals surface area (Å²) in [5.74, 6) is -0.923. The van der Waals surface area contributed by atoms with Crippen LogP contribution in [0, 0.1) is 0 Å². The van der Waals surface area contributed by atoms with Crippen molar-refractivity contribution in [3.05, 3.63) is 42.1 Å². The van der Waals surface area contributed by atoms with Crippen molar-refractivity contribution in [2.45, 2.75) is 13.0 Å². The largest absolute Gasteiger partial charge is 0.481 e. The minimum absolute atomic E-state index is 0.0697. The normalized spacial score (nSPS) is 10.3. The molecule has 2 aromatic rings. The van der Waals surface area contributed by atoms with Gasteiger partial charge in [0.25, 0.3) is 0 Å². The van der Waals surface area contributed by atoms with Crippen molar-refractivity contribution in [1.82, 2.24) is 15.2 Å². The fourth-order valence-corrected chi connectivity index (χ4v) is 1.98. The van der Waals surface area contributed by atoms with Gasteiger partial charge in [0.15, 0.2) is 0 Å². The number of carboxylic acid groups (broad SMARTS) is 1. The van der Waals surface area contributed by atoms with E-state index in [9.17, 15) is 9.59 Å². The Morgan fingerprint density at radius 2 is 2.05 bits per heavy atom. The lowest BCUT2D eigenvalue weighted by Gasteiger charge is -2.17. The zero-order valence-electron chi connectivity index (χ0n) is 11.7. The molecular formula is C15H17N3O3. The van der Waals surface area contributed by atoms with Crippen LogP contribution in [-0.4, -0.2) is 40.6 Å².